The van der Waals surface area contributed by atoms with E-state index in [-0.39, 0.29) is 0 Å². The molecule has 74 valence electrons. The Hall–Kier alpha value is 0.0969. The fraction of sp³-hybridized carbons (Fsp3) is 1.00. The summed E-state index contributed by atoms with van der Waals surface area (Å²) in [6, 6.07) is 0. The lowest BCUT2D eigenvalue weighted by molar-refractivity contribution is -0.169. The fourth-order valence-electron chi connectivity index (χ4n) is 1.02. The second-order valence-corrected chi connectivity index (χ2v) is 4.62. The Balaban J connectivity index is 3.80. The van der Waals surface area contributed by atoms with Gasteiger partial charge in [0.15, 0.2) is 5.41 Å². The van der Waals surface area contributed by atoms with Gasteiger partial charge in [0.1, 0.15) is 0 Å². The van der Waals surface area contributed by atoms with Gasteiger partial charge in [0.05, 0.1) is 0 Å². The quantitative estimate of drug-likeness (QED) is 0.442. The van der Waals surface area contributed by atoms with E-state index >= 15 is 0 Å². The molecule has 0 unspecified atom stereocenters. The molecule has 12 heavy (non-hydrogen) atoms. The molecule has 0 bridgehead atoms. The van der Waals surface area contributed by atoms with Crippen LogP contribution in [0, 0.1) is 0 Å². The van der Waals surface area contributed by atoms with Crippen LogP contribution in [0.5, 0.6) is 0 Å². The number of rotatable bonds is 7. The molecule has 0 aliphatic carbocycles. The first-order chi connectivity index (χ1) is 5.68. The van der Waals surface area contributed by atoms with Crippen molar-refractivity contribution in [2.75, 3.05) is 19.8 Å². The van der Waals surface area contributed by atoms with Crippen molar-refractivity contribution >= 4 is 9.76 Å². The average Bonchev–Trinajstić information content (AvgIpc) is 2.02. The third-order valence-electron chi connectivity index (χ3n) is 1.47. The van der Waals surface area contributed by atoms with E-state index in [4.69, 9.17) is 13.9 Å². The zero-order valence-electron chi connectivity index (χ0n) is 8.55. The summed E-state index contributed by atoms with van der Waals surface area (Å²) in [6.45, 7) is 10.00. The molecule has 0 atom stereocenters. The third-order valence-corrected chi connectivity index (χ3v) is 3.01. The van der Waals surface area contributed by atoms with Crippen LogP contribution in [-0.2, 0) is 13.9 Å². The second kappa shape index (κ2) is 6.60. The maximum atomic E-state index is 5.49. The minimum Gasteiger partial charge on any atom is -0.418 e. The van der Waals surface area contributed by atoms with Crippen molar-refractivity contribution in [1.82, 2.24) is 0 Å². The van der Waals surface area contributed by atoms with E-state index < -0.39 is 15.2 Å². The van der Waals surface area contributed by atoms with Crippen LogP contribution < -0.4 is 0 Å². The smallest absolute Gasteiger partial charge is 0.227 e. The molecule has 0 N–H and O–H groups in total. The highest BCUT2D eigenvalue weighted by atomic mass is 28.2. The van der Waals surface area contributed by atoms with Gasteiger partial charge in [-0.1, -0.05) is 0 Å². The van der Waals surface area contributed by atoms with Crippen LogP contribution >= 0.6 is 0 Å². The molecule has 0 fully saturated rings. The first-order valence-corrected chi connectivity index (χ1v) is 5.82. The molecular weight excluding hydrogens is 172 g/mol. The van der Waals surface area contributed by atoms with Crippen LogP contribution in [0.15, 0.2) is 0 Å². The van der Waals surface area contributed by atoms with Gasteiger partial charge >= 0.3 is 0 Å². The summed E-state index contributed by atoms with van der Waals surface area (Å²) in [7, 11) is -0.738. The first kappa shape index (κ1) is 12.1. The summed E-state index contributed by atoms with van der Waals surface area (Å²) < 4.78 is 16.4. The van der Waals surface area contributed by atoms with E-state index in [9.17, 15) is 0 Å². The molecule has 0 aromatic carbocycles. The SMILES string of the molecule is CCO[SiH2]C(C)(OCC)OCC. The van der Waals surface area contributed by atoms with Gasteiger partial charge in [-0.25, -0.2) is 0 Å². The van der Waals surface area contributed by atoms with Gasteiger partial charge in [0.2, 0.25) is 9.76 Å². The van der Waals surface area contributed by atoms with Crippen molar-refractivity contribution < 1.29 is 13.9 Å². The van der Waals surface area contributed by atoms with Crippen molar-refractivity contribution in [3.8, 4) is 0 Å². The molecule has 4 heteroatoms. The molecule has 0 heterocycles. The summed E-state index contributed by atoms with van der Waals surface area (Å²) in [5.74, 6) is 0. The van der Waals surface area contributed by atoms with E-state index in [1.807, 2.05) is 27.7 Å². The summed E-state index contributed by atoms with van der Waals surface area (Å²) >= 11 is 0. The molecule has 0 rings (SSSR count). The Morgan fingerprint density at radius 1 is 1.00 bits per heavy atom. The fourth-order valence-corrected chi connectivity index (χ4v) is 2.17. The Labute approximate surface area is 77.3 Å². The zero-order chi connectivity index (χ0) is 9.45. The Morgan fingerprint density at radius 2 is 1.50 bits per heavy atom. The van der Waals surface area contributed by atoms with E-state index in [2.05, 4.69) is 0 Å². The van der Waals surface area contributed by atoms with Crippen molar-refractivity contribution in [2.24, 2.45) is 0 Å². The lowest BCUT2D eigenvalue weighted by Crippen LogP contribution is -2.40. The van der Waals surface area contributed by atoms with Crippen LogP contribution in [0.3, 0.4) is 0 Å². The summed E-state index contributed by atoms with van der Waals surface area (Å²) in [5.41, 5.74) is -0.431. The topological polar surface area (TPSA) is 27.7 Å². The average molecular weight is 192 g/mol. The number of hydrogen-bond donors (Lipinski definition) is 0. The van der Waals surface area contributed by atoms with Crippen LogP contribution in [-0.4, -0.2) is 35.0 Å². The van der Waals surface area contributed by atoms with Crippen molar-refractivity contribution in [1.29, 1.82) is 0 Å². The van der Waals surface area contributed by atoms with Gasteiger partial charge < -0.3 is 13.9 Å². The molecule has 3 nitrogen and oxygen atoms in total. The zero-order valence-corrected chi connectivity index (χ0v) is 9.97. The monoisotopic (exact) mass is 192 g/mol. The van der Waals surface area contributed by atoms with Gasteiger partial charge in [0.25, 0.3) is 0 Å². The lowest BCUT2D eigenvalue weighted by atomic mass is 10.7. The number of ether oxygens (including phenoxy) is 2. The number of hydrogen-bond acceptors (Lipinski definition) is 3. The predicted octanol–water partition coefficient (Wildman–Crippen LogP) is 0.853. The molecule has 0 aliphatic rings. The van der Waals surface area contributed by atoms with Crippen molar-refractivity contribution in [2.45, 2.75) is 33.1 Å². The van der Waals surface area contributed by atoms with Gasteiger partial charge in [-0.2, -0.15) is 0 Å². The van der Waals surface area contributed by atoms with Gasteiger partial charge in [-0.05, 0) is 27.7 Å². The lowest BCUT2D eigenvalue weighted by Gasteiger charge is -2.28. The summed E-state index contributed by atoms with van der Waals surface area (Å²) in [4.78, 5) is 0. The van der Waals surface area contributed by atoms with E-state index in [0.717, 1.165) is 6.61 Å². The largest absolute Gasteiger partial charge is 0.418 e. The minimum atomic E-state index is -0.738. The molecule has 0 aliphatic heterocycles. The maximum absolute atomic E-state index is 5.49. The third kappa shape index (κ3) is 4.87. The van der Waals surface area contributed by atoms with Gasteiger partial charge in [-0.3, -0.25) is 0 Å². The molecule has 0 saturated carbocycles. The van der Waals surface area contributed by atoms with Gasteiger partial charge in [0, 0.05) is 19.8 Å². The standard InChI is InChI=1S/C8H20O3Si/c1-5-9-8(4,10-6-2)12-11-7-3/h5-7,12H2,1-4H3. The highest BCUT2D eigenvalue weighted by molar-refractivity contribution is 6.30. The highest BCUT2D eigenvalue weighted by Gasteiger charge is 2.25. The summed E-state index contributed by atoms with van der Waals surface area (Å²) in [5, 5.41) is 0. The molecule has 0 spiro atoms. The van der Waals surface area contributed by atoms with Crippen LogP contribution in [0.4, 0.5) is 0 Å². The minimum absolute atomic E-state index is 0.431. The summed E-state index contributed by atoms with van der Waals surface area (Å²) in [6.07, 6.45) is 0. The Morgan fingerprint density at radius 3 is 1.83 bits per heavy atom. The second-order valence-electron chi connectivity index (χ2n) is 2.64. The van der Waals surface area contributed by atoms with E-state index in [0.29, 0.717) is 13.2 Å². The molecule has 0 amide bonds. The van der Waals surface area contributed by atoms with Crippen LogP contribution in [0.25, 0.3) is 0 Å². The van der Waals surface area contributed by atoms with E-state index in [1.165, 1.54) is 0 Å². The molecule has 0 radical (unpaired) electrons. The molecular formula is C8H20O3Si. The first-order valence-electron chi connectivity index (χ1n) is 4.54. The normalized spacial score (nSPS) is 13.0. The van der Waals surface area contributed by atoms with Gasteiger partial charge in [-0.15, -0.1) is 0 Å². The van der Waals surface area contributed by atoms with Crippen molar-refractivity contribution in [3.05, 3.63) is 0 Å². The van der Waals surface area contributed by atoms with Crippen molar-refractivity contribution in [3.63, 3.8) is 0 Å². The van der Waals surface area contributed by atoms with E-state index in [1.54, 1.807) is 0 Å². The van der Waals surface area contributed by atoms with Crippen LogP contribution in [0.1, 0.15) is 27.7 Å². The molecule has 0 saturated heterocycles. The highest BCUT2D eigenvalue weighted by Crippen LogP contribution is 2.10. The molecule has 0 aromatic rings. The molecule has 0 aromatic heterocycles. The maximum Gasteiger partial charge on any atom is 0.227 e. The predicted molar refractivity (Wildman–Crippen MR) is 51.8 cm³/mol. The Kier molecular flexibility index (Phi) is 6.65. The Bertz CT molecular complexity index is 102. The van der Waals surface area contributed by atoms with Crippen LogP contribution in [0.2, 0.25) is 0 Å².